The van der Waals surface area contributed by atoms with Crippen molar-refractivity contribution >= 4 is 16.1 Å². The minimum absolute atomic E-state index is 0.0351. The van der Waals surface area contributed by atoms with E-state index in [9.17, 15) is 13.2 Å². The van der Waals surface area contributed by atoms with E-state index >= 15 is 0 Å². The SMILES string of the molecule is Cc1oc(C=O)cc1S(C)(=O)=O. The van der Waals surface area contributed by atoms with Gasteiger partial charge in [-0.05, 0) is 6.92 Å². The van der Waals surface area contributed by atoms with E-state index in [-0.39, 0.29) is 16.4 Å². The van der Waals surface area contributed by atoms with Crippen LogP contribution in [0.4, 0.5) is 0 Å². The van der Waals surface area contributed by atoms with Gasteiger partial charge in [-0.1, -0.05) is 0 Å². The molecule has 0 saturated carbocycles. The molecule has 0 saturated heterocycles. The quantitative estimate of drug-likeness (QED) is 0.644. The largest absolute Gasteiger partial charge is 0.457 e. The predicted molar refractivity (Wildman–Crippen MR) is 41.9 cm³/mol. The summed E-state index contributed by atoms with van der Waals surface area (Å²) in [6, 6.07) is 1.22. The number of furan rings is 1. The zero-order chi connectivity index (χ0) is 9.35. The molecule has 1 aromatic heterocycles. The number of aryl methyl sites for hydroxylation is 1. The third-order valence-corrected chi connectivity index (χ3v) is 2.61. The fourth-order valence-corrected chi connectivity index (χ4v) is 1.81. The lowest BCUT2D eigenvalue weighted by atomic mass is 10.4. The molecule has 0 aromatic carbocycles. The second-order valence-electron chi connectivity index (χ2n) is 2.46. The maximum Gasteiger partial charge on any atom is 0.185 e. The van der Waals surface area contributed by atoms with Gasteiger partial charge in [0.05, 0.1) is 0 Å². The number of carbonyl (C=O) groups is 1. The molecule has 5 heteroatoms. The van der Waals surface area contributed by atoms with Gasteiger partial charge in [0.15, 0.2) is 21.9 Å². The van der Waals surface area contributed by atoms with Crippen molar-refractivity contribution in [3.63, 3.8) is 0 Å². The summed E-state index contributed by atoms with van der Waals surface area (Å²) in [6.45, 7) is 1.50. The Balaban J connectivity index is 3.36. The number of hydrogen-bond donors (Lipinski definition) is 0. The molecule has 12 heavy (non-hydrogen) atoms. The van der Waals surface area contributed by atoms with Gasteiger partial charge in [-0.2, -0.15) is 0 Å². The van der Waals surface area contributed by atoms with Crippen molar-refractivity contribution in [2.45, 2.75) is 11.8 Å². The molecule has 66 valence electrons. The Bertz CT molecular complexity index is 399. The van der Waals surface area contributed by atoms with Crippen molar-refractivity contribution in [1.29, 1.82) is 0 Å². The van der Waals surface area contributed by atoms with Crippen LogP contribution in [0, 0.1) is 6.92 Å². The molecule has 0 fully saturated rings. The highest BCUT2D eigenvalue weighted by Crippen LogP contribution is 2.18. The minimum Gasteiger partial charge on any atom is -0.457 e. The summed E-state index contributed by atoms with van der Waals surface area (Å²) in [5, 5.41) is 0. The van der Waals surface area contributed by atoms with Crippen LogP contribution in [-0.4, -0.2) is 21.0 Å². The van der Waals surface area contributed by atoms with Gasteiger partial charge in [0, 0.05) is 12.3 Å². The second-order valence-corrected chi connectivity index (χ2v) is 4.44. The van der Waals surface area contributed by atoms with Gasteiger partial charge in [-0.15, -0.1) is 0 Å². The maximum atomic E-state index is 11.0. The molecule has 4 nitrogen and oxygen atoms in total. The van der Waals surface area contributed by atoms with Crippen molar-refractivity contribution in [3.8, 4) is 0 Å². The van der Waals surface area contributed by atoms with E-state index in [4.69, 9.17) is 4.42 Å². The van der Waals surface area contributed by atoms with Crippen molar-refractivity contribution in [3.05, 3.63) is 17.6 Å². The molecule has 1 heterocycles. The highest BCUT2D eigenvalue weighted by molar-refractivity contribution is 7.90. The molecule has 0 radical (unpaired) electrons. The fraction of sp³-hybridized carbons (Fsp3) is 0.286. The highest BCUT2D eigenvalue weighted by atomic mass is 32.2. The van der Waals surface area contributed by atoms with Gasteiger partial charge >= 0.3 is 0 Å². The van der Waals surface area contributed by atoms with E-state index in [0.29, 0.717) is 6.29 Å². The number of sulfone groups is 1. The van der Waals surface area contributed by atoms with Crippen LogP contribution in [0.25, 0.3) is 0 Å². The third kappa shape index (κ3) is 1.55. The first-order chi connectivity index (χ1) is 5.45. The normalized spacial score (nSPS) is 11.5. The molecule has 0 aliphatic rings. The number of aldehydes is 1. The Hall–Kier alpha value is -1.10. The summed E-state index contributed by atoms with van der Waals surface area (Å²) >= 11 is 0. The summed E-state index contributed by atoms with van der Waals surface area (Å²) in [4.78, 5) is 10.3. The number of carbonyl (C=O) groups excluding carboxylic acids is 1. The predicted octanol–water partition coefficient (Wildman–Crippen LogP) is 0.804. The van der Waals surface area contributed by atoms with Crippen molar-refractivity contribution in [2.75, 3.05) is 6.26 Å². The zero-order valence-electron chi connectivity index (χ0n) is 6.70. The van der Waals surface area contributed by atoms with Crippen molar-refractivity contribution < 1.29 is 17.6 Å². The lowest BCUT2D eigenvalue weighted by Gasteiger charge is -1.90. The van der Waals surface area contributed by atoms with E-state index in [0.717, 1.165) is 6.26 Å². The van der Waals surface area contributed by atoms with Crippen LogP contribution in [0.15, 0.2) is 15.4 Å². The number of hydrogen-bond acceptors (Lipinski definition) is 4. The van der Waals surface area contributed by atoms with E-state index in [2.05, 4.69) is 0 Å². The molecule has 1 rings (SSSR count). The summed E-state index contributed by atoms with van der Waals surface area (Å²) in [5.41, 5.74) is 0. The van der Waals surface area contributed by atoms with E-state index < -0.39 is 9.84 Å². The monoisotopic (exact) mass is 188 g/mol. The van der Waals surface area contributed by atoms with E-state index in [1.54, 1.807) is 0 Å². The van der Waals surface area contributed by atoms with Gasteiger partial charge in [0.25, 0.3) is 0 Å². The van der Waals surface area contributed by atoms with Gasteiger partial charge in [0.2, 0.25) is 0 Å². The fourth-order valence-electron chi connectivity index (χ4n) is 0.914. The lowest BCUT2D eigenvalue weighted by Crippen LogP contribution is -1.96. The summed E-state index contributed by atoms with van der Waals surface area (Å²) < 4.78 is 26.9. The first kappa shape index (κ1) is 8.99. The Morgan fingerprint density at radius 2 is 2.08 bits per heavy atom. The van der Waals surface area contributed by atoms with Crippen LogP contribution in [0.1, 0.15) is 16.3 Å². The molecule has 0 spiro atoms. The first-order valence-electron chi connectivity index (χ1n) is 3.21. The standard InChI is InChI=1S/C7H8O4S/c1-5-7(12(2,9)10)3-6(4-8)11-5/h3-4H,1-2H3. The van der Waals surface area contributed by atoms with Crippen LogP contribution < -0.4 is 0 Å². The van der Waals surface area contributed by atoms with Gasteiger partial charge in [-0.25, -0.2) is 8.42 Å². The average Bonchev–Trinajstić information content (AvgIpc) is 2.29. The molecular formula is C7H8O4S. The smallest absolute Gasteiger partial charge is 0.185 e. The van der Waals surface area contributed by atoms with Gasteiger partial charge in [-0.3, -0.25) is 4.79 Å². The van der Waals surface area contributed by atoms with Crippen molar-refractivity contribution in [2.24, 2.45) is 0 Å². The summed E-state index contributed by atoms with van der Waals surface area (Å²) in [5.74, 6) is 0.285. The van der Waals surface area contributed by atoms with Crippen LogP contribution in [0.5, 0.6) is 0 Å². The molecule has 0 unspecified atom stereocenters. The molecule has 0 aliphatic heterocycles. The number of rotatable bonds is 2. The molecule has 1 aromatic rings. The Morgan fingerprint density at radius 1 is 1.50 bits per heavy atom. The molecule has 0 atom stereocenters. The van der Waals surface area contributed by atoms with E-state index in [1.165, 1.54) is 13.0 Å². The zero-order valence-corrected chi connectivity index (χ0v) is 7.51. The van der Waals surface area contributed by atoms with Crippen LogP contribution in [-0.2, 0) is 9.84 Å². The maximum absolute atomic E-state index is 11.0. The molecule has 0 bridgehead atoms. The lowest BCUT2D eigenvalue weighted by molar-refractivity contribution is 0.109. The molecule has 0 amide bonds. The topological polar surface area (TPSA) is 64.3 Å². The minimum atomic E-state index is -3.28. The van der Waals surface area contributed by atoms with Gasteiger partial charge in [0.1, 0.15) is 10.7 Å². The first-order valence-corrected chi connectivity index (χ1v) is 5.10. The molecule has 0 N–H and O–H groups in total. The summed E-state index contributed by atoms with van der Waals surface area (Å²) in [7, 11) is -3.28. The van der Waals surface area contributed by atoms with E-state index in [1.807, 2.05) is 0 Å². The highest BCUT2D eigenvalue weighted by Gasteiger charge is 2.15. The Morgan fingerprint density at radius 3 is 2.33 bits per heavy atom. The third-order valence-electron chi connectivity index (χ3n) is 1.41. The van der Waals surface area contributed by atoms with Crippen molar-refractivity contribution in [1.82, 2.24) is 0 Å². The van der Waals surface area contributed by atoms with Crippen LogP contribution in [0.2, 0.25) is 0 Å². The van der Waals surface area contributed by atoms with Crippen LogP contribution in [0.3, 0.4) is 0 Å². The second kappa shape index (κ2) is 2.75. The summed E-state index contributed by atoms with van der Waals surface area (Å²) in [6.07, 6.45) is 1.54. The van der Waals surface area contributed by atoms with Gasteiger partial charge < -0.3 is 4.42 Å². The molecular weight excluding hydrogens is 180 g/mol. The Kier molecular flexibility index (Phi) is 2.06. The van der Waals surface area contributed by atoms with Crippen LogP contribution >= 0.6 is 0 Å². The Labute approximate surface area is 70.1 Å². The molecule has 0 aliphatic carbocycles. The average molecular weight is 188 g/mol.